The predicted octanol–water partition coefficient (Wildman–Crippen LogP) is 4.05. The Labute approximate surface area is 234 Å². The summed E-state index contributed by atoms with van der Waals surface area (Å²) in [7, 11) is 1.30. The van der Waals surface area contributed by atoms with Crippen LogP contribution in [0.15, 0.2) is 66.7 Å². The van der Waals surface area contributed by atoms with Crippen LogP contribution in [0.3, 0.4) is 0 Å². The first-order valence-electron chi connectivity index (χ1n) is 12.7. The molecule has 10 nitrogen and oxygen atoms in total. The number of anilines is 2. The third-order valence-corrected chi connectivity index (χ3v) is 6.62. The summed E-state index contributed by atoms with van der Waals surface area (Å²) in [6.07, 6.45) is -0.882. The number of halogens is 2. The molecule has 1 heterocycles. The SMILES string of the molecule is COC(=O)N1CCN(c2ccc(C(=O)NC(CC(=O)O)c3ccc(F)cc3)cc2NC(=O)c2ccc(F)cc2)CC1. The Morgan fingerprint density at radius 2 is 1.44 bits per heavy atom. The van der Waals surface area contributed by atoms with E-state index in [0.29, 0.717) is 37.4 Å². The molecule has 1 saturated heterocycles. The van der Waals surface area contributed by atoms with Gasteiger partial charge >= 0.3 is 12.1 Å². The van der Waals surface area contributed by atoms with Gasteiger partial charge in [-0.3, -0.25) is 14.4 Å². The number of amides is 3. The Morgan fingerprint density at radius 3 is 2.02 bits per heavy atom. The predicted molar refractivity (Wildman–Crippen MR) is 146 cm³/mol. The highest BCUT2D eigenvalue weighted by Crippen LogP contribution is 2.30. The number of benzene rings is 3. The first-order chi connectivity index (χ1) is 19.6. The summed E-state index contributed by atoms with van der Waals surface area (Å²) in [6.45, 7) is 1.58. The van der Waals surface area contributed by atoms with E-state index in [4.69, 9.17) is 4.74 Å². The minimum atomic E-state index is -1.16. The van der Waals surface area contributed by atoms with Crippen LogP contribution < -0.4 is 15.5 Å². The van der Waals surface area contributed by atoms with Crippen molar-refractivity contribution in [3.05, 3.63) is 95.1 Å². The Morgan fingerprint density at radius 1 is 0.854 bits per heavy atom. The minimum Gasteiger partial charge on any atom is -0.481 e. The number of hydrogen-bond donors (Lipinski definition) is 3. The van der Waals surface area contributed by atoms with Gasteiger partial charge in [0.2, 0.25) is 0 Å². The number of rotatable bonds is 8. The van der Waals surface area contributed by atoms with Crippen molar-refractivity contribution in [2.45, 2.75) is 12.5 Å². The van der Waals surface area contributed by atoms with Gasteiger partial charge in [-0.15, -0.1) is 0 Å². The molecule has 3 aromatic carbocycles. The molecule has 0 saturated carbocycles. The summed E-state index contributed by atoms with van der Waals surface area (Å²) in [5.41, 5.74) is 1.61. The molecule has 12 heteroatoms. The smallest absolute Gasteiger partial charge is 0.409 e. The number of carbonyl (C=O) groups excluding carboxylic acids is 3. The van der Waals surface area contributed by atoms with E-state index >= 15 is 0 Å². The number of piperazine rings is 1. The summed E-state index contributed by atoms with van der Waals surface area (Å²) in [5, 5.41) is 14.8. The summed E-state index contributed by atoms with van der Waals surface area (Å²) in [5.74, 6) is -3.31. The molecular formula is C29H28F2N4O6. The summed E-state index contributed by atoms with van der Waals surface area (Å²) >= 11 is 0. The van der Waals surface area contributed by atoms with Gasteiger partial charge in [-0.05, 0) is 60.2 Å². The van der Waals surface area contributed by atoms with Gasteiger partial charge in [0.15, 0.2) is 0 Å². The van der Waals surface area contributed by atoms with Gasteiger partial charge in [-0.2, -0.15) is 0 Å². The molecular weight excluding hydrogens is 538 g/mol. The topological polar surface area (TPSA) is 128 Å². The van der Waals surface area contributed by atoms with Gasteiger partial charge < -0.3 is 30.3 Å². The fourth-order valence-electron chi connectivity index (χ4n) is 4.47. The molecule has 1 atom stereocenters. The zero-order chi connectivity index (χ0) is 29.5. The molecule has 41 heavy (non-hydrogen) atoms. The van der Waals surface area contributed by atoms with Gasteiger partial charge in [0.05, 0.1) is 30.9 Å². The lowest BCUT2D eigenvalue weighted by atomic mass is 10.0. The normalized spacial score (nSPS) is 13.7. The highest BCUT2D eigenvalue weighted by Gasteiger charge is 2.25. The maximum Gasteiger partial charge on any atom is 0.409 e. The van der Waals surface area contributed by atoms with Crippen LogP contribution in [0.2, 0.25) is 0 Å². The summed E-state index contributed by atoms with van der Waals surface area (Å²) < 4.78 is 31.6. The number of aliphatic carboxylic acids is 1. The van der Waals surface area contributed by atoms with E-state index in [0.717, 1.165) is 12.1 Å². The van der Waals surface area contributed by atoms with Crippen molar-refractivity contribution in [1.29, 1.82) is 0 Å². The van der Waals surface area contributed by atoms with Crippen LogP contribution in [0.4, 0.5) is 25.0 Å². The van der Waals surface area contributed by atoms with Crippen LogP contribution in [-0.2, 0) is 9.53 Å². The number of carboxylic acids is 1. The lowest BCUT2D eigenvalue weighted by molar-refractivity contribution is -0.137. The van der Waals surface area contributed by atoms with Crippen molar-refractivity contribution in [1.82, 2.24) is 10.2 Å². The fraction of sp³-hybridized carbons (Fsp3) is 0.241. The largest absolute Gasteiger partial charge is 0.481 e. The van der Waals surface area contributed by atoms with Gasteiger partial charge in [0.1, 0.15) is 11.6 Å². The number of nitrogens with zero attached hydrogens (tertiary/aromatic N) is 2. The Balaban J connectivity index is 1.61. The Kier molecular flexibility index (Phi) is 9.12. The second kappa shape index (κ2) is 12.9. The van der Waals surface area contributed by atoms with Crippen molar-refractivity contribution in [2.75, 3.05) is 43.5 Å². The first-order valence-corrected chi connectivity index (χ1v) is 12.7. The second-order valence-corrected chi connectivity index (χ2v) is 9.31. The van der Waals surface area contributed by atoms with E-state index in [1.807, 2.05) is 4.90 Å². The molecule has 3 amide bonds. The summed E-state index contributed by atoms with van der Waals surface area (Å²) in [6, 6.07) is 13.8. The quantitative estimate of drug-likeness (QED) is 0.375. The standard InChI is InChI=1S/C29H28F2N4O6/c1-41-29(40)35-14-12-34(13-15-35)25-11-6-20(16-24(25)33-27(38)19-4-9-22(31)10-5-19)28(39)32-23(17-26(36)37)18-2-7-21(30)8-3-18/h2-11,16,23H,12-15,17H2,1H3,(H,32,39)(H,33,38)(H,36,37). The van der Waals surface area contributed by atoms with Gasteiger partial charge in [0, 0.05) is 37.3 Å². The molecule has 0 aromatic heterocycles. The van der Waals surface area contributed by atoms with Gasteiger partial charge in [-0.1, -0.05) is 12.1 Å². The van der Waals surface area contributed by atoms with Crippen molar-refractivity contribution in [2.24, 2.45) is 0 Å². The van der Waals surface area contributed by atoms with Gasteiger partial charge in [-0.25, -0.2) is 13.6 Å². The Bertz CT molecular complexity index is 1420. The van der Waals surface area contributed by atoms with Crippen LogP contribution in [0.5, 0.6) is 0 Å². The van der Waals surface area contributed by atoms with Crippen LogP contribution in [0, 0.1) is 11.6 Å². The highest BCUT2D eigenvalue weighted by atomic mass is 19.1. The molecule has 0 spiro atoms. The van der Waals surface area contributed by atoms with Crippen molar-refractivity contribution in [3.8, 4) is 0 Å². The number of nitrogens with one attached hydrogen (secondary N) is 2. The fourth-order valence-corrected chi connectivity index (χ4v) is 4.47. The van der Waals surface area contributed by atoms with Crippen LogP contribution >= 0.6 is 0 Å². The van der Waals surface area contributed by atoms with E-state index in [1.54, 1.807) is 11.0 Å². The number of ether oxygens (including phenoxy) is 1. The molecule has 1 aliphatic rings. The maximum atomic E-state index is 13.4. The van der Waals surface area contributed by atoms with E-state index in [1.165, 1.54) is 55.6 Å². The van der Waals surface area contributed by atoms with E-state index in [-0.39, 0.29) is 16.8 Å². The van der Waals surface area contributed by atoms with Gasteiger partial charge in [0.25, 0.3) is 11.8 Å². The van der Waals surface area contributed by atoms with Crippen molar-refractivity contribution >= 4 is 35.3 Å². The molecule has 3 N–H and O–H groups in total. The first kappa shape index (κ1) is 29.0. The Hall–Kier alpha value is -5.00. The monoisotopic (exact) mass is 566 g/mol. The zero-order valence-electron chi connectivity index (χ0n) is 22.1. The molecule has 0 bridgehead atoms. The summed E-state index contributed by atoms with van der Waals surface area (Å²) in [4.78, 5) is 53.1. The molecule has 0 aliphatic carbocycles. The molecule has 1 aliphatic heterocycles. The zero-order valence-corrected chi connectivity index (χ0v) is 22.1. The number of carboxylic acid groups (broad SMARTS) is 1. The van der Waals surface area contributed by atoms with E-state index in [9.17, 15) is 33.1 Å². The van der Waals surface area contributed by atoms with Crippen LogP contribution in [0.1, 0.15) is 38.7 Å². The van der Waals surface area contributed by atoms with E-state index < -0.39 is 48.0 Å². The number of methoxy groups -OCH3 is 1. The van der Waals surface area contributed by atoms with E-state index in [2.05, 4.69) is 10.6 Å². The molecule has 214 valence electrons. The van der Waals surface area contributed by atoms with Crippen LogP contribution in [0.25, 0.3) is 0 Å². The maximum absolute atomic E-state index is 13.4. The lowest BCUT2D eigenvalue weighted by Crippen LogP contribution is -2.49. The second-order valence-electron chi connectivity index (χ2n) is 9.31. The number of hydrogen-bond acceptors (Lipinski definition) is 6. The van der Waals surface area contributed by atoms with Crippen molar-refractivity contribution in [3.63, 3.8) is 0 Å². The molecule has 0 radical (unpaired) electrons. The number of carbonyl (C=O) groups is 4. The highest BCUT2D eigenvalue weighted by molar-refractivity contribution is 6.07. The molecule has 4 rings (SSSR count). The lowest BCUT2D eigenvalue weighted by Gasteiger charge is -2.36. The molecule has 1 fully saturated rings. The van der Waals surface area contributed by atoms with Crippen LogP contribution in [-0.4, -0.2) is 67.2 Å². The minimum absolute atomic E-state index is 0.133. The third-order valence-electron chi connectivity index (χ3n) is 6.62. The molecule has 3 aromatic rings. The third kappa shape index (κ3) is 7.35. The van der Waals surface area contributed by atoms with Crippen molar-refractivity contribution < 1.29 is 37.8 Å². The average molecular weight is 567 g/mol. The average Bonchev–Trinajstić information content (AvgIpc) is 2.97. The molecule has 1 unspecified atom stereocenters.